The van der Waals surface area contributed by atoms with Gasteiger partial charge in [0.25, 0.3) is 0 Å². The summed E-state index contributed by atoms with van der Waals surface area (Å²) in [5.74, 6) is 1.92. The molecule has 1 heterocycles. The van der Waals surface area contributed by atoms with E-state index in [9.17, 15) is 0 Å². The number of ether oxygens (including phenoxy) is 2. The van der Waals surface area contributed by atoms with Gasteiger partial charge in [-0.1, -0.05) is 30.3 Å². The van der Waals surface area contributed by atoms with Crippen LogP contribution >= 0.6 is 0 Å². The molecule has 0 saturated heterocycles. The van der Waals surface area contributed by atoms with Gasteiger partial charge in [-0.2, -0.15) is 0 Å². The number of nitrogens with one attached hydrogen (secondary N) is 1. The molecule has 1 aliphatic heterocycles. The molecule has 3 rings (SSSR count). The van der Waals surface area contributed by atoms with Crippen molar-refractivity contribution in [3.8, 4) is 11.5 Å². The van der Waals surface area contributed by atoms with Crippen LogP contribution in [0.25, 0.3) is 0 Å². The summed E-state index contributed by atoms with van der Waals surface area (Å²) in [6, 6.07) is 15.0. The minimum absolute atomic E-state index is 0.195. The zero-order valence-corrected chi connectivity index (χ0v) is 12.7. The molecule has 2 aromatic carbocycles. The van der Waals surface area contributed by atoms with Crippen LogP contribution in [0.15, 0.2) is 42.5 Å². The summed E-state index contributed by atoms with van der Waals surface area (Å²) in [6.07, 6.45) is 0. The van der Waals surface area contributed by atoms with Crippen molar-refractivity contribution in [2.75, 3.05) is 13.7 Å². The van der Waals surface area contributed by atoms with Crippen molar-refractivity contribution >= 4 is 0 Å². The second-order valence-electron chi connectivity index (χ2n) is 5.54. The van der Waals surface area contributed by atoms with Gasteiger partial charge in [0.2, 0.25) is 0 Å². The van der Waals surface area contributed by atoms with Crippen molar-refractivity contribution in [2.45, 2.75) is 25.9 Å². The fourth-order valence-corrected chi connectivity index (χ4v) is 2.87. The average Bonchev–Trinajstić information content (AvgIpc) is 2.90. The predicted molar refractivity (Wildman–Crippen MR) is 84.0 cm³/mol. The normalized spacial score (nSPS) is 18.0. The van der Waals surface area contributed by atoms with E-state index in [0.29, 0.717) is 6.61 Å². The van der Waals surface area contributed by atoms with Crippen LogP contribution in [0.2, 0.25) is 0 Å². The molecular weight excluding hydrogens is 262 g/mol. The molecule has 0 aliphatic carbocycles. The van der Waals surface area contributed by atoms with Crippen molar-refractivity contribution < 1.29 is 9.47 Å². The van der Waals surface area contributed by atoms with Gasteiger partial charge in [-0.05, 0) is 31.5 Å². The Kier molecular flexibility index (Phi) is 3.84. The van der Waals surface area contributed by atoms with E-state index in [2.05, 4.69) is 49.5 Å². The molecule has 3 heteroatoms. The fraction of sp³-hybridized carbons (Fsp3) is 0.333. The van der Waals surface area contributed by atoms with Crippen molar-refractivity contribution in [3.05, 3.63) is 59.2 Å². The zero-order chi connectivity index (χ0) is 14.8. The lowest BCUT2D eigenvalue weighted by atomic mass is 10.0. The Morgan fingerprint density at radius 3 is 2.86 bits per heavy atom. The molecule has 110 valence electrons. The van der Waals surface area contributed by atoms with Crippen LogP contribution in [0.5, 0.6) is 11.5 Å². The zero-order valence-electron chi connectivity index (χ0n) is 12.7. The summed E-state index contributed by atoms with van der Waals surface area (Å²) in [5, 5.41) is 3.64. The smallest absolute Gasteiger partial charge is 0.124 e. The molecule has 2 atom stereocenters. The molecule has 2 aromatic rings. The molecule has 0 amide bonds. The second kappa shape index (κ2) is 5.78. The van der Waals surface area contributed by atoms with Crippen LogP contribution < -0.4 is 14.8 Å². The van der Waals surface area contributed by atoms with Crippen LogP contribution in [-0.4, -0.2) is 13.7 Å². The molecule has 2 unspecified atom stereocenters. The molecule has 0 aromatic heterocycles. The van der Waals surface area contributed by atoms with E-state index in [-0.39, 0.29) is 12.1 Å². The summed E-state index contributed by atoms with van der Waals surface area (Å²) in [6.45, 7) is 4.91. The minimum Gasteiger partial charge on any atom is -0.496 e. The van der Waals surface area contributed by atoms with E-state index < -0.39 is 0 Å². The molecule has 0 fully saturated rings. The predicted octanol–water partition coefficient (Wildman–Crippen LogP) is 3.79. The molecule has 0 saturated carbocycles. The molecule has 0 radical (unpaired) electrons. The number of hydrogen-bond donors (Lipinski definition) is 1. The summed E-state index contributed by atoms with van der Waals surface area (Å²) < 4.78 is 11.2. The standard InChI is InChI=1S/C18H21NO2/c1-12-8-9-14(18(10-12)20-3)13(2)19-16-11-21-17-7-5-4-6-15(16)17/h4-10,13,16,19H,11H2,1-3H3. The third-order valence-corrected chi connectivity index (χ3v) is 4.01. The summed E-state index contributed by atoms with van der Waals surface area (Å²) in [5.41, 5.74) is 3.61. The first-order chi connectivity index (χ1) is 10.2. The Bertz CT molecular complexity index is 639. The van der Waals surface area contributed by atoms with E-state index in [1.165, 1.54) is 16.7 Å². The largest absolute Gasteiger partial charge is 0.496 e. The Labute approximate surface area is 125 Å². The number of benzene rings is 2. The first-order valence-electron chi connectivity index (χ1n) is 7.31. The van der Waals surface area contributed by atoms with Gasteiger partial charge >= 0.3 is 0 Å². The van der Waals surface area contributed by atoms with Gasteiger partial charge in [0.05, 0.1) is 13.2 Å². The van der Waals surface area contributed by atoms with Crippen LogP contribution in [0.4, 0.5) is 0 Å². The van der Waals surface area contributed by atoms with Crippen molar-refractivity contribution in [1.82, 2.24) is 5.32 Å². The minimum atomic E-state index is 0.195. The van der Waals surface area contributed by atoms with Crippen LogP contribution in [-0.2, 0) is 0 Å². The van der Waals surface area contributed by atoms with Gasteiger partial charge in [-0.25, -0.2) is 0 Å². The van der Waals surface area contributed by atoms with Crippen molar-refractivity contribution in [3.63, 3.8) is 0 Å². The molecule has 3 nitrogen and oxygen atoms in total. The van der Waals surface area contributed by atoms with Gasteiger partial charge in [-0.15, -0.1) is 0 Å². The highest BCUT2D eigenvalue weighted by Crippen LogP contribution is 2.34. The number of hydrogen-bond acceptors (Lipinski definition) is 3. The third kappa shape index (κ3) is 2.74. The van der Waals surface area contributed by atoms with E-state index in [1.54, 1.807) is 7.11 Å². The molecule has 1 aliphatic rings. The third-order valence-electron chi connectivity index (χ3n) is 4.01. The number of rotatable bonds is 4. The summed E-state index contributed by atoms with van der Waals surface area (Å²) >= 11 is 0. The lowest BCUT2D eigenvalue weighted by Crippen LogP contribution is -2.26. The maximum absolute atomic E-state index is 5.73. The Morgan fingerprint density at radius 2 is 2.05 bits per heavy atom. The van der Waals surface area contributed by atoms with Gasteiger partial charge in [0.15, 0.2) is 0 Å². The van der Waals surface area contributed by atoms with E-state index in [1.807, 2.05) is 12.1 Å². The molecule has 21 heavy (non-hydrogen) atoms. The highest BCUT2D eigenvalue weighted by Gasteiger charge is 2.25. The highest BCUT2D eigenvalue weighted by molar-refractivity contribution is 5.41. The van der Waals surface area contributed by atoms with E-state index in [4.69, 9.17) is 9.47 Å². The highest BCUT2D eigenvalue weighted by atomic mass is 16.5. The Morgan fingerprint density at radius 1 is 1.24 bits per heavy atom. The number of para-hydroxylation sites is 1. The van der Waals surface area contributed by atoms with Crippen molar-refractivity contribution in [2.24, 2.45) is 0 Å². The van der Waals surface area contributed by atoms with Crippen molar-refractivity contribution in [1.29, 1.82) is 0 Å². The second-order valence-corrected chi connectivity index (χ2v) is 5.54. The van der Waals surface area contributed by atoms with Crippen LogP contribution in [0.1, 0.15) is 35.7 Å². The lowest BCUT2D eigenvalue weighted by Gasteiger charge is -2.21. The molecule has 1 N–H and O–H groups in total. The average molecular weight is 283 g/mol. The molecule has 0 bridgehead atoms. The fourth-order valence-electron chi connectivity index (χ4n) is 2.87. The Hall–Kier alpha value is -2.00. The molecular formula is C18H21NO2. The first-order valence-corrected chi connectivity index (χ1v) is 7.31. The van der Waals surface area contributed by atoms with Gasteiger partial charge in [-0.3, -0.25) is 0 Å². The topological polar surface area (TPSA) is 30.5 Å². The number of methoxy groups -OCH3 is 1. The first kappa shape index (κ1) is 14.0. The summed E-state index contributed by atoms with van der Waals surface area (Å²) in [7, 11) is 1.72. The summed E-state index contributed by atoms with van der Waals surface area (Å²) in [4.78, 5) is 0. The maximum atomic E-state index is 5.73. The van der Waals surface area contributed by atoms with E-state index in [0.717, 1.165) is 11.5 Å². The van der Waals surface area contributed by atoms with Gasteiger partial charge in [0.1, 0.15) is 18.1 Å². The Balaban J connectivity index is 1.80. The van der Waals surface area contributed by atoms with E-state index >= 15 is 0 Å². The number of fused-ring (bicyclic) bond motifs is 1. The number of aryl methyl sites for hydroxylation is 1. The van der Waals surface area contributed by atoms with Gasteiger partial charge < -0.3 is 14.8 Å². The quantitative estimate of drug-likeness (QED) is 0.926. The lowest BCUT2D eigenvalue weighted by molar-refractivity contribution is 0.299. The SMILES string of the molecule is COc1cc(C)ccc1C(C)NC1COc2ccccc21. The van der Waals surface area contributed by atoms with Crippen LogP contribution in [0, 0.1) is 6.92 Å². The monoisotopic (exact) mass is 283 g/mol. The van der Waals surface area contributed by atoms with Gasteiger partial charge in [0, 0.05) is 17.2 Å². The van der Waals surface area contributed by atoms with Crippen LogP contribution in [0.3, 0.4) is 0 Å². The molecule has 0 spiro atoms. The maximum Gasteiger partial charge on any atom is 0.124 e.